The van der Waals surface area contributed by atoms with Gasteiger partial charge in [0, 0.05) is 44.2 Å². The molecule has 1 rings (SSSR count). The summed E-state index contributed by atoms with van der Waals surface area (Å²) in [5.41, 5.74) is 0.168. The molecular formula is C11H19N3O2S. The summed E-state index contributed by atoms with van der Waals surface area (Å²) >= 11 is 1.78. The number of hydrogen-bond acceptors (Lipinski definition) is 4. The van der Waals surface area contributed by atoms with E-state index in [1.54, 1.807) is 18.8 Å². The van der Waals surface area contributed by atoms with Gasteiger partial charge in [0.2, 0.25) is 0 Å². The van der Waals surface area contributed by atoms with Gasteiger partial charge in [0.1, 0.15) is 0 Å². The Hall–Kier alpha value is -1.01. The van der Waals surface area contributed by atoms with Crippen molar-refractivity contribution in [3.8, 4) is 0 Å². The Morgan fingerprint density at radius 3 is 2.59 bits per heavy atom. The van der Waals surface area contributed by atoms with E-state index >= 15 is 0 Å². The summed E-state index contributed by atoms with van der Waals surface area (Å²) in [5, 5.41) is 3.75. The highest BCUT2D eigenvalue weighted by molar-refractivity contribution is 7.99. The molecule has 5 nitrogen and oxygen atoms in total. The molecule has 1 atom stereocenters. The minimum absolute atomic E-state index is 0.261. The lowest BCUT2D eigenvalue weighted by molar-refractivity contribution is 0.600. The maximum Gasteiger partial charge on any atom is 0.330 e. The van der Waals surface area contributed by atoms with Crippen LogP contribution in [0.2, 0.25) is 0 Å². The maximum atomic E-state index is 11.7. The van der Waals surface area contributed by atoms with Crippen LogP contribution in [0.5, 0.6) is 0 Å². The van der Waals surface area contributed by atoms with Crippen molar-refractivity contribution in [1.82, 2.24) is 14.5 Å². The lowest BCUT2D eigenvalue weighted by atomic mass is 10.3. The molecule has 0 fully saturated rings. The van der Waals surface area contributed by atoms with Gasteiger partial charge in [-0.15, -0.1) is 0 Å². The minimum Gasteiger partial charge on any atom is -0.310 e. The Bertz CT molecular complexity index is 492. The fourth-order valence-corrected chi connectivity index (χ4v) is 1.72. The van der Waals surface area contributed by atoms with Crippen LogP contribution in [0.4, 0.5) is 0 Å². The summed E-state index contributed by atoms with van der Waals surface area (Å²) in [5.74, 6) is 0. The molecule has 0 saturated carbocycles. The van der Waals surface area contributed by atoms with Gasteiger partial charge in [0.05, 0.1) is 0 Å². The lowest BCUT2D eigenvalue weighted by Crippen LogP contribution is -2.39. The summed E-state index contributed by atoms with van der Waals surface area (Å²) in [4.78, 5) is 23.1. The van der Waals surface area contributed by atoms with Crippen LogP contribution in [-0.2, 0) is 20.6 Å². The summed E-state index contributed by atoms with van der Waals surface area (Å²) in [7, 11) is 3.16. The van der Waals surface area contributed by atoms with Gasteiger partial charge in [0.25, 0.3) is 5.56 Å². The smallest absolute Gasteiger partial charge is 0.310 e. The second kappa shape index (κ2) is 6.07. The highest BCUT2D eigenvalue weighted by atomic mass is 32.2. The fourth-order valence-electron chi connectivity index (χ4n) is 1.43. The molecule has 0 aliphatic rings. The van der Waals surface area contributed by atoms with Crippen molar-refractivity contribution in [2.24, 2.45) is 14.1 Å². The molecule has 1 N–H and O–H groups in total. The van der Waals surface area contributed by atoms with E-state index in [2.05, 4.69) is 18.5 Å². The topological polar surface area (TPSA) is 56.0 Å². The van der Waals surface area contributed by atoms with Gasteiger partial charge >= 0.3 is 5.69 Å². The summed E-state index contributed by atoms with van der Waals surface area (Å²) in [6, 6.07) is 1.50. The molecule has 1 aromatic heterocycles. The fraction of sp³-hybridized carbons (Fsp3) is 0.636. The Balaban J connectivity index is 2.79. The number of nitrogens with one attached hydrogen (secondary N) is 1. The van der Waals surface area contributed by atoms with Crippen molar-refractivity contribution >= 4 is 11.8 Å². The van der Waals surface area contributed by atoms with Gasteiger partial charge in [0.15, 0.2) is 0 Å². The van der Waals surface area contributed by atoms with Gasteiger partial charge in [-0.1, -0.05) is 6.92 Å². The minimum atomic E-state index is -0.285. The molecule has 0 aliphatic heterocycles. The quantitative estimate of drug-likeness (QED) is 0.802. The maximum absolute atomic E-state index is 11.7. The third-order valence-electron chi connectivity index (χ3n) is 2.77. The molecule has 0 amide bonds. The Kier molecular flexibility index (Phi) is 5.02. The van der Waals surface area contributed by atoms with E-state index < -0.39 is 0 Å². The van der Waals surface area contributed by atoms with E-state index in [9.17, 15) is 9.59 Å². The average molecular weight is 257 g/mol. The molecule has 0 bridgehead atoms. The second-order valence-corrected chi connectivity index (χ2v) is 5.33. The van der Waals surface area contributed by atoms with E-state index in [0.29, 0.717) is 17.5 Å². The van der Waals surface area contributed by atoms with Gasteiger partial charge in [-0.05, 0) is 6.26 Å². The number of nitrogens with zero attached hydrogens (tertiary/aromatic N) is 2. The number of thioether (sulfide) groups is 1. The second-order valence-electron chi connectivity index (χ2n) is 4.05. The van der Waals surface area contributed by atoms with Crippen molar-refractivity contribution in [3.05, 3.63) is 32.6 Å². The molecule has 1 aromatic rings. The molecule has 0 spiro atoms. The molecule has 0 aromatic carbocycles. The number of hydrogen-bond donors (Lipinski definition) is 1. The van der Waals surface area contributed by atoms with Crippen LogP contribution in [0, 0.1) is 0 Å². The van der Waals surface area contributed by atoms with E-state index in [-0.39, 0.29) is 11.2 Å². The van der Waals surface area contributed by atoms with Crippen molar-refractivity contribution in [1.29, 1.82) is 0 Å². The van der Waals surface area contributed by atoms with E-state index in [1.165, 1.54) is 17.7 Å². The summed E-state index contributed by atoms with van der Waals surface area (Å²) in [6.45, 7) is 3.51. The highest BCUT2D eigenvalue weighted by Gasteiger charge is 2.06. The zero-order valence-electron chi connectivity index (χ0n) is 10.7. The van der Waals surface area contributed by atoms with Crippen molar-refractivity contribution < 1.29 is 0 Å². The zero-order chi connectivity index (χ0) is 13.0. The standard InChI is InChI=1S/C11H19N3O2S/c1-8(17-4)6-12-7-9-5-10(15)14(3)11(16)13(9)2/h5,8,12H,6-7H2,1-4H3. The van der Waals surface area contributed by atoms with Crippen molar-refractivity contribution in [3.63, 3.8) is 0 Å². The first kappa shape index (κ1) is 14.1. The molecule has 0 radical (unpaired) electrons. The molecule has 0 aliphatic carbocycles. The Labute approximate surface area is 105 Å². The SMILES string of the molecule is CSC(C)CNCc1cc(=O)n(C)c(=O)n1C. The molecule has 96 valence electrons. The first-order valence-corrected chi connectivity index (χ1v) is 6.75. The van der Waals surface area contributed by atoms with Crippen LogP contribution in [-0.4, -0.2) is 27.2 Å². The summed E-state index contributed by atoms with van der Waals surface area (Å²) in [6.07, 6.45) is 2.06. The predicted molar refractivity (Wildman–Crippen MR) is 71.6 cm³/mol. The van der Waals surface area contributed by atoms with Gasteiger partial charge in [-0.25, -0.2) is 4.79 Å². The van der Waals surface area contributed by atoms with Crippen LogP contribution >= 0.6 is 11.8 Å². The molecule has 1 unspecified atom stereocenters. The van der Waals surface area contributed by atoms with Crippen LogP contribution in [0.25, 0.3) is 0 Å². The Morgan fingerprint density at radius 2 is 2.00 bits per heavy atom. The normalized spacial score (nSPS) is 12.7. The van der Waals surface area contributed by atoms with E-state index in [1.807, 2.05) is 0 Å². The number of rotatable bonds is 5. The first-order valence-electron chi connectivity index (χ1n) is 5.46. The highest BCUT2D eigenvalue weighted by Crippen LogP contribution is 2.02. The third kappa shape index (κ3) is 3.47. The van der Waals surface area contributed by atoms with Gasteiger partial charge in [-0.2, -0.15) is 11.8 Å². The van der Waals surface area contributed by atoms with Crippen LogP contribution in [0.1, 0.15) is 12.6 Å². The lowest BCUT2D eigenvalue weighted by Gasteiger charge is -2.12. The summed E-state index contributed by atoms with van der Waals surface area (Å²) < 4.78 is 2.60. The van der Waals surface area contributed by atoms with Crippen LogP contribution < -0.4 is 16.6 Å². The molecule has 1 heterocycles. The molecule has 0 saturated heterocycles. The first-order chi connectivity index (χ1) is 7.97. The zero-order valence-corrected chi connectivity index (χ0v) is 11.5. The monoisotopic (exact) mass is 257 g/mol. The number of aromatic nitrogens is 2. The van der Waals surface area contributed by atoms with Crippen molar-refractivity contribution in [2.75, 3.05) is 12.8 Å². The third-order valence-corrected chi connectivity index (χ3v) is 3.74. The average Bonchev–Trinajstić information content (AvgIpc) is 2.32. The van der Waals surface area contributed by atoms with Crippen LogP contribution in [0.3, 0.4) is 0 Å². The van der Waals surface area contributed by atoms with Crippen LogP contribution in [0.15, 0.2) is 15.7 Å². The predicted octanol–water partition coefficient (Wildman–Crippen LogP) is -0.0749. The Morgan fingerprint density at radius 1 is 1.35 bits per heavy atom. The van der Waals surface area contributed by atoms with Gasteiger partial charge in [-0.3, -0.25) is 13.9 Å². The van der Waals surface area contributed by atoms with E-state index in [4.69, 9.17) is 0 Å². The van der Waals surface area contributed by atoms with Crippen molar-refractivity contribution in [2.45, 2.75) is 18.7 Å². The largest absolute Gasteiger partial charge is 0.330 e. The molecular weight excluding hydrogens is 238 g/mol. The van der Waals surface area contributed by atoms with Gasteiger partial charge < -0.3 is 5.32 Å². The molecule has 6 heteroatoms. The molecule has 17 heavy (non-hydrogen) atoms. The van der Waals surface area contributed by atoms with E-state index in [0.717, 1.165) is 11.1 Å².